The van der Waals surface area contributed by atoms with E-state index in [1.807, 2.05) is 0 Å². The molecular formula is C8H8F2N2S. The van der Waals surface area contributed by atoms with Crippen molar-refractivity contribution in [2.75, 3.05) is 6.26 Å². The molecular weight excluding hydrogens is 194 g/mol. The third kappa shape index (κ3) is 1.41. The minimum atomic E-state index is -2.75. The molecule has 1 aliphatic rings. The Kier molecular flexibility index (Phi) is 1.98. The van der Waals surface area contributed by atoms with E-state index in [1.165, 1.54) is 18.0 Å². The average molecular weight is 202 g/mol. The van der Waals surface area contributed by atoms with Crippen LogP contribution < -0.4 is 0 Å². The average Bonchev–Trinajstić information content (AvgIpc) is 2.42. The summed E-state index contributed by atoms with van der Waals surface area (Å²) in [6.45, 7) is 0. The van der Waals surface area contributed by atoms with Gasteiger partial charge in [0.15, 0.2) is 5.16 Å². The van der Waals surface area contributed by atoms with Crippen molar-refractivity contribution < 1.29 is 8.78 Å². The first kappa shape index (κ1) is 8.87. The molecule has 1 aliphatic carbocycles. The Morgan fingerprint density at radius 1 is 1.54 bits per heavy atom. The van der Waals surface area contributed by atoms with Crippen molar-refractivity contribution in [2.24, 2.45) is 0 Å². The molecule has 2 rings (SSSR count). The lowest BCUT2D eigenvalue weighted by Gasteiger charge is -2.08. The van der Waals surface area contributed by atoms with Crippen molar-refractivity contribution in [1.29, 1.82) is 0 Å². The summed E-state index contributed by atoms with van der Waals surface area (Å²) < 4.78 is 26.3. The molecule has 0 amide bonds. The lowest BCUT2D eigenvalue weighted by molar-refractivity contribution is -0.00651. The summed E-state index contributed by atoms with van der Waals surface area (Å²) >= 11 is 1.28. The Labute approximate surface area is 78.8 Å². The molecule has 0 atom stereocenters. The highest BCUT2D eigenvalue weighted by Gasteiger charge is 2.41. The molecule has 2 nitrogen and oxygen atoms in total. The van der Waals surface area contributed by atoms with Crippen LogP contribution in [0.4, 0.5) is 8.78 Å². The van der Waals surface area contributed by atoms with Gasteiger partial charge in [0.1, 0.15) is 5.69 Å². The first-order chi connectivity index (χ1) is 6.13. The maximum Gasteiger partial charge on any atom is 0.290 e. The largest absolute Gasteiger partial charge is 0.290 e. The highest BCUT2D eigenvalue weighted by atomic mass is 32.2. The van der Waals surface area contributed by atoms with Crippen LogP contribution in [0.15, 0.2) is 11.4 Å². The van der Waals surface area contributed by atoms with E-state index in [-0.39, 0.29) is 12.1 Å². The Morgan fingerprint density at radius 2 is 2.31 bits per heavy atom. The lowest BCUT2D eigenvalue weighted by Crippen LogP contribution is -2.10. The third-order valence-corrected chi connectivity index (χ3v) is 2.64. The second-order valence-corrected chi connectivity index (χ2v) is 3.71. The molecule has 0 saturated carbocycles. The monoisotopic (exact) mass is 202 g/mol. The second-order valence-electron chi connectivity index (χ2n) is 2.93. The maximum atomic E-state index is 13.2. The van der Waals surface area contributed by atoms with Crippen LogP contribution in [0, 0.1) is 0 Å². The van der Waals surface area contributed by atoms with Crippen molar-refractivity contribution >= 4 is 11.8 Å². The molecule has 0 aromatic carbocycles. The summed E-state index contributed by atoms with van der Waals surface area (Å²) in [5, 5.41) is 0.417. The smallest absolute Gasteiger partial charge is 0.231 e. The summed E-state index contributed by atoms with van der Waals surface area (Å²) in [5.41, 5.74) is 0.509. The fraction of sp³-hybridized carbons (Fsp3) is 0.500. The van der Waals surface area contributed by atoms with Gasteiger partial charge >= 0.3 is 0 Å². The number of hydrogen-bond donors (Lipinski definition) is 0. The van der Waals surface area contributed by atoms with E-state index in [4.69, 9.17) is 0 Å². The zero-order valence-electron chi connectivity index (χ0n) is 7.05. The van der Waals surface area contributed by atoms with E-state index in [0.29, 0.717) is 17.1 Å². The second kappa shape index (κ2) is 2.90. The van der Waals surface area contributed by atoms with Crippen LogP contribution in [-0.4, -0.2) is 16.2 Å². The number of alkyl halides is 2. The molecule has 5 heteroatoms. The van der Waals surface area contributed by atoms with Gasteiger partial charge in [-0.1, -0.05) is 11.8 Å². The van der Waals surface area contributed by atoms with Gasteiger partial charge in [0.2, 0.25) is 0 Å². The fourth-order valence-electron chi connectivity index (χ4n) is 1.40. The maximum absolute atomic E-state index is 13.2. The molecule has 1 heterocycles. The molecule has 0 fully saturated rings. The summed E-state index contributed by atoms with van der Waals surface area (Å²) in [7, 11) is 0. The SMILES string of the molecule is CSc1ncc2c(n1)C(F)(F)CC2. The molecule has 0 spiro atoms. The van der Waals surface area contributed by atoms with Crippen LogP contribution in [0.1, 0.15) is 17.7 Å². The summed E-state index contributed by atoms with van der Waals surface area (Å²) in [5.74, 6) is -2.75. The first-order valence-electron chi connectivity index (χ1n) is 3.92. The number of fused-ring (bicyclic) bond motifs is 1. The van der Waals surface area contributed by atoms with Gasteiger partial charge in [-0.2, -0.15) is 8.78 Å². The number of thioether (sulfide) groups is 1. The lowest BCUT2D eigenvalue weighted by atomic mass is 10.3. The van der Waals surface area contributed by atoms with Crippen LogP contribution >= 0.6 is 11.8 Å². The van der Waals surface area contributed by atoms with Gasteiger partial charge in [0.05, 0.1) is 0 Å². The summed E-state index contributed by atoms with van der Waals surface area (Å²) in [4.78, 5) is 7.78. The van der Waals surface area contributed by atoms with Gasteiger partial charge in [0, 0.05) is 12.6 Å². The first-order valence-corrected chi connectivity index (χ1v) is 5.14. The number of halogens is 2. The van der Waals surface area contributed by atoms with Crippen molar-refractivity contribution in [3.8, 4) is 0 Å². The fourth-order valence-corrected chi connectivity index (χ4v) is 1.74. The van der Waals surface area contributed by atoms with Crippen LogP contribution in [0.5, 0.6) is 0 Å². The van der Waals surface area contributed by atoms with E-state index < -0.39 is 5.92 Å². The topological polar surface area (TPSA) is 25.8 Å². The standard InChI is InChI=1S/C8H8F2N2S/c1-13-7-11-4-5-2-3-8(9,10)6(5)12-7/h4H,2-3H2,1H3. The minimum Gasteiger partial charge on any atom is -0.231 e. The van der Waals surface area contributed by atoms with Crippen LogP contribution in [0.2, 0.25) is 0 Å². The Morgan fingerprint density at radius 3 is 3.00 bits per heavy atom. The molecule has 0 saturated heterocycles. The van der Waals surface area contributed by atoms with Crippen LogP contribution in [0.25, 0.3) is 0 Å². The molecule has 0 aliphatic heterocycles. The Hall–Kier alpha value is -0.710. The normalized spacial score (nSPS) is 18.7. The quantitative estimate of drug-likeness (QED) is 0.516. The number of aromatic nitrogens is 2. The van der Waals surface area contributed by atoms with Gasteiger partial charge in [-0.15, -0.1) is 0 Å². The third-order valence-electron chi connectivity index (χ3n) is 2.08. The highest BCUT2D eigenvalue weighted by Crippen LogP contribution is 2.40. The minimum absolute atomic E-state index is 0.0770. The molecule has 1 aromatic heterocycles. The Balaban J connectivity index is 2.50. The molecule has 0 unspecified atom stereocenters. The van der Waals surface area contributed by atoms with Gasteiger partial charge in [-0.3, -0.25) is 0 Å². The number of hydrogen-bond acceptors (Lipinski definition) is 3. The Bertz CT molecular complexity index is 341. The van der Waals surface area contributed by atoms with E-state index >= 15 is 0 Å². The van der Waals surface area contributed by atoms with Crippen LogP contribution in [0.3, 0.4) is 0 Å². The van der Waals surface area contributed by atoms with Crippen molar-refractivity contribution in [2.45, 2.75) is 23.9 Å². The zero-order chi connectivity index (χ0) is 9.47. The number of rotatable bonds is 1. The molecule has 0 radical (unpaired) electrons. The number of nitrogens with zero attached hydrogens (tertiary/aromatic N) is 2. The van der Waals surface area contributed by atoms with Crippen molar-refractivity contribution in [1.82, 2.24) is 9.97 Å². The predicted molar refractivity (Wildman–Crippen MR) is 46.0 cm³/mol. The molecule has 0 N–H and O–H groups in total. The molecule has 70 valence electrons. The van der Waals surface area contributed by atoms with Crippen molar-refractivity contribution in [3.63, 3.8) is 0 Å². The van der Waals surface area contributed by atoms with Gasteiger partial charge in [0.25, 0.3) is 5.92 Å². The number of aryl methyl sites for hydroxylation is 1. The van der Waals surface area contributed by atoms with E-state index in [0.717, 1.165) is 0 Å². The van der Waals surface area contributed by atoms with Crippen molar-refractivity contribution in [3.05, 3.63) is 17.5 Å². The summed E-state index contributed by atoms with van der Waals surface area (Å²) in [6, 6.07) is 0. The van der Waals surface area contributed by atoms with E-state index in [9.17, 15) is 8.78 Å². The van der Waals surface area contributed by atoms with E-state index in [1.54, 1.807) is 6.26 Å². The van der Waals surface area contributed by atoms with Gasteiger partial charge in [-0.05, 0) is 18.2 Å². The molecule has 0 bridgehead atoms. The zero-order valence-corrected chi connectivity index (χ0v) is 7.87. The summed E-state index contributed by atoms with van der Waals surface area (Å²) in [6.07, 6.45) is 3.54. The predicted octanol–water partition coefficient (Wildman–Crippen LogP) is 2.24. The molecule has 13 heavy (non-hydrogen) atoms. The highest BCUT2D eigenvalue weighted by molar-refractivity contribution is 7.98. The van der Waals surface area contributed by atoms with Gasteiger partial charge < -0.3 is 0 Å². The van der Waals surface area contributed by atoms with Gasteiger partial charge in [-0.25, -0.2) is 9.97 Å². The van der Waals surface area contributed by atoms with E-state index in [2.05, 4.69) is 9.97 Å². The molecule has 1 aromatic rings. The van der Waals surface area contributed by atoms with Crippen LogP contribution in [-0.2, 0) is 12.3 Å².